The van der Waals surface area contributed by atoms with Gasteiger partial charge in [0.2, 0.25) is 11.5 Å². The van der Waals surface area contributed by atoms with Gasteiger partial charge >= 0.3 is 0 Å². The molecule has 2 rings (SSSR count). The van der Waals surface area contributed by atoms with Gasteiger partial charge in [0.1, 0.15) is 0 Å². The van der Waals surface area contributed by atoms with Crippen molar-refractivity contribution in [3.8, 4) is 0 Å². The van der Waals surface area contributed by atoms with Crippen LogP contribution in [0.5, 0.6) is 0 Å². The highest BCUT2D eigenvalue weighted by atomic mass is 16.6. The van der Waals surface area contributed by atoms with E-state index in [2.05, 4.69) is 16.2 Å². The molecule has 1 aliphatic carbocycles. The summed E-state index contributed by atoms with van der Waals surface area (Å²) in [7, 11) is 0. The Kier molecular flexibility index (Phi) is 0.0631. The molecule has 0 unspecified atom stereocenters. The fraction of sp³-hybridized carbons (Fsp3) is 0. The second kappa shape index (κ2) is 0.208. The first-order chi connectivity index (χ1) is 2.47. The Balaban J connectivity index is 3.24. The number of hydrogen-bond acceptors (Lipinski definition) is 1. The molecule has 5 heavy (non-hydrogen) atoms. The second-order valence-electron chi connectivity index (χ2n) is 1.01. The Labute approximate surface area is 28.9 Å². The predicted octanol–water partition coefficient (Wildman–Crippen LogP) is 0.552. The highest BCUT2D eigenvalue weighted by molar-refractivity contribution is 5.40. The van der Waals surface area contributed by atoms with E-state index < -0.39 is 0 Å². The minimum Gasteiger partial charge on any atom is -0.430 e. The molecule has 1 nitrogen and oxygen atoms in total. The lowest BCUT2D eigenvalue weighted by molar-refractivity contribution is 0.561. The Morgan fingerprint density at radius 1 is 1.20 bits per heavy atom. The van der Waals surface area contributed by atoms with Gasteiger partial charge in [-0.05, 0) is 11.5 Å². The highest BCUT2D eigenvalue weighted by Gasteiger charge is 2.28. The molecule has 0 saturated carbocycles. The quantitative estimate of drug-likeness (QED) is 0.296. The Morgan fingerprint density at radius 2 is 1.80 bits per heavy atom. The van der Waals surface area contributed by atoms with Gasteiger partial charge in [-0.3, -0.25) is 0 Å². The summed E-state index contributed by atoms with van der Waals surface area (Å²) in [4.78, 5) is 0. The van der Waals surface area contributed by atoms with Crippen molar-refractivity contribution < 1.29 is 4.74 Å². The van der Waals surface area contributed by atoms with Crippen LogP contribution in [-0.2, 0) is 4.74 Å². The molecule has 0 atom stereocenters. The van der Waals surface area contributed by atoms with Gasteiger partial charge in [0.25, 0.3) is 0 Å². The minimum absolute atomic E-state index is 0.907. The van der Waals surface area contributed by atoms with Gasteiger partial charge in [0, 0.05) is 0 Å². The van der Waals surface area contributed by atoms with Gasteiger partial charge < -0.3 is 4.74 Å². The average Bonchev–Trinajstić information content (AvgIpc) is 1.74. The summed E-state index contributed by atoms with van der Waals surface area (Å²) in [5, 5.41) is 0. The van der Waals surface area contributed by atoms with Crippen molar-refractivity contribution in [2.45, 2.75) is 0 Å². The number of rotatable bonds is 0. The van der Waals surface area contributed by atoms with E-state index in [1.807, 2.05) is 0 Å². The first-order valence-electron chi connectivity index (χ1n) is 1.41. The van der Waals surface area contributed by atoms with Crippen LogP contribution in [0.25, 0.3) is 0 Å². The van der Waals surface area contributed by atoms with Crippen LogP contribution < -0.4 is 0 Å². The summed E-state index contributed by atoms with van der Waals surface area (Å²) >= 11 is 0. The molecule has 1 aliphatic heterocycles. The molecule has 0 radical (unpaired) electrons. The van der Waals surface area contributed by atoms with Crippen molar-refractivity contribution in [2.24, 2.45) is 0 Å². The Morgan fingerprint density at radius 3 is 1.80 bits per heavy atom. The number of ether oxygens (including phenoxy) is 1. The zero-order valence-corrected chi connectivity index (χ0v) is 2.41. The van der Waals surface area contributed by atoms with E-state index in [-0.39, 0.29) is 0 Å². The summed E-state index contributed by atoms with van der Waals surface area (Å²) in [6.07, 6.45) is 0. The standard InChI is InChI=1S/C4O/c1-2-4-3(1)5-4. The van der Waals surface area contributed by atoms with Gasteiger partial charge in [-0.2, -0.15) is 0 Å². The lowest BCUT2D eigenvalue weighted by Gasteiger charge is -1.45. The molecular weight excluding hydrogens is 64.0 g/mol. The van der Waals surface area contributed by atoms with E-state index in [1.165, 1.54) is 0 Å². The molecule has 2 aliphatic rings. The van der Waals surface area contributed by atoms with E-state index in [0.29, 0.717) is 0 Å². The van der Waals surface area contributed by atoms with E-state index in [4.69, 9.17) is 0 Å². The third-order valence-corrected chi connectivity index (χ3v) is 0.658. The molecule has 0 aromatic heterocycles. The first kappa shape index (κ1) is 1.51. The molecule has 1 saturated heterocycles. The van der Waals surface area contributed by atoms with Crippen LogP contribution in [0.15, 0.2) is 23.0 Å². The molecule has 0 bridgehead atoms. The molecule has 0 aromatic rings. The van der Waals surface area contributed by atoms with Crippen LogP contribution in [0.3, 0.4) is 0 Å². The monoisotopic (exact) mass is 64.0 g/mol. The molecule has 0 N–H and O–H groups in total. The van der Waals surface area contributed by atoms with Gasteiger partial charge in [-0.1, -0.05) is 0 Å². The lowest BCUT2D eigenvalue weighted by Crippen LogP contribution is -1.42. The zero-order valence-electron chi connectivity index (χ0n) is 2.41. The molecule has 0 spiro atoms. The van der Waals surface area contributed by atoms with Crippen molar-refractivity contribution in [3.63, 3.8) is 0 Å². The van der Waals surface area contributed by atoms with E-state index in [9.17, 15) is 0 Å². The maximum absolute atomic E-state index is 4.64. The fourth-order valence-corrected chi connectivity index (χ4v) is 0.292. The summed E-state index contributed by atoms with van der Waals surface area (Å²) in [5.74, 6) is 1.81. The molecular formula is C4O. The predicted molar refractivity (Wildman–Crippen MR) is 15.1 cm³/mol. The second-order valence-corrected chi connectivity index (χ2v) is 1.01. The number of epoxide rings is 1. The number of fused-ring (bicyclic) bond motifs is 1. The van der Waals surface area contributed by atoms with E-state index >= 15 is 0 Å². The van der Waals surface area contributed by atoms with Crippen molar-refractivity contribution in [2.75, 3.05) is 0 Å². The highest BCUT2D eigenvalue weighted by Crippen LogP contribution is 2.33. The van der Waals surface area contributed by atoms with Crippen LogP contribution in [0.2, 0.25) is 0 Å². The fourth-order valence-electron chi connectivity index (χ4n) is 0.292. The molecule has 1 fully saturated rings. The van der Waals surface area contributed by atoms with Gasteiger partial charge in [0.05, 0.1) is 0 Å². The Hall–Kier alpha value is -0.900. The van der Waals surface area contributed by atoms with Crippen LogP contribution in [0.4, 0.5) is 0 Å². The van der Waals surface area contributed by atoms with Crippen molar-refractivity contribution in [3.05, 3.63) is 23.0 Å². The SMILES string of the molecule is C1=C=C2OC=12. The first-order valence-corrected chi connectivity index (χ1v) is 1.41. The third kappa shape index (κ3) is 0.0368. The van der Waals surface area contributed by atoms with Crippen LogP contribution in [0, 0.1) is 0 Å². The van der Waals surface area contributed by atoms with Crippen LogP contribution in [0.1, 0.15) is 0 Å². The maximum atomic E-state index is 4.64. The van der Waals surface area contributed by atoms with Crippen molar-refractivity contribution in [1.29, 1.82) is 0 Å². The molecule has 1 heterocycles. The topological polar surface area (TPSA) is 12.5 Å². The summed E-state index contributed by atoms with van der Waals surface area (Å²) < 4.78 is 4.64. The maximum Gasteiger partial charge on any atom is 0.230 e. The van der Waals surface area contributed by atoms with Crippen LogP contribution >= 0.6 is 0 Å². The van der Waals surface area contributed by atoms with Crippen molar-refractivity contribution >= 4 is 0 Å². The smallest absolute Gasteiger partial charge is 0.230 e. The molecule has 0 amide bonds. The van der Waals surface area contributed by atoms with Gasteiger partial charge in [-0.25, -0.2) is 0 Å². The zero-order chi connectivity index (χ0) is 3.28. The van der Waals surface area contributed by atoms with E-state index in [1.54, 1.807) is 0 Å². The molecule has 22 valence electrons. The van der Waals surface area contributed by atoms with Gasteiger partial charge in [0.15, 0.2) is 0 Å². The summed E-state index contributed by atoms with van der Waals surface area (Å²) in [6, 6.07) is 0. The summed E-state index contributed by atoms with van der Waals surface area (Å²) in [6.45, 7) is 0. The average molecular weight is 64.0 g/mol. The van der Waals surface area contributed by atoms with Crippen molar-refractivity contribution in [1.82, 2.24) is 0 Å². The lowest BCUT2D eigenvalue weighted by atomic mass is 10.4. The van der Waals surface area contributed by atoms with E-state index in [0.717, 1.165) is 11.5 Å². The minimum atomic E-state index is 0.907. The Bertz CT molecular complexity index is 156. The third-order valence-electron chi connectivity index (χ3n) is 0.658. The largest absolute Gasteiger partial charge is 0.430 e. The number of hydrogen-bond donors (Lipinski definition) is 0. The van der Waals surface area contributed by atoms with Gasteiger partial charge in [-0.15, -0.1) is 0 Å². The summed E-state index contributed by atoms with van der Waals surface area (Å²) in [5.41, 5.74) is 5.38. The molecule has 0 aromatic carbocycles. The molecule has 1 heteroatoms. The van der Waals surface area contributed by atoms with Crippen LogP contribution in [-0.4, -0.2) is 0 Å². The normalized spacial score (nSPS) is 20.8.